The molecule has 2 aromatic rings. The molecule has 15 heavy (non-hydrogen) atoms. The maximum atomic E-state index is 10.7. The molecule has 0 bridgehead atoms. The molecule has 5 nitrogen and oxygen atoms in total. The van der Waals surface area contributed by atoms with E-state index in [1.165, 1.54) is 12.4 Å². The van der Waals surface area contributed by atoms with Crippen LogP contribution < -0.4 is 0 Å². The molecular weight excluding hydrogens is 194 g/mol. The number of carboxylic acids is 1. The molecule has 0 amide bonds. The summed E-state index contributed by atoms with van der Waals surface area (Å²) in [4.78, 5) is 22.2. The third-order valence-electron chi connectivity index (χ3n) is 1.86. The average molecular weight is 201 g/mol. The van der Waals surface area contributed by atoms with Gasteiger partial charge in [-0.2, -0.15) is 0 Å². The zero-order chi connectivity index (χ0) is 10.7. The topological polar surface area (TPSA) is 76.0 Å². The van der Waals surface area contributed by atoms with Gasteiger partial charge in [0, 0.05) is 18.0 Å². The van der Waals surface area contributed by atoms with Gasteiger partial charge in [-0.15, -0.1) is 0 Å². The molecule has 1 N–H and O–H groups in total. The second-order valence-electron chi connectivity index (χ2n) is 2.83. The lowest BCUT2D eigenvalue weighted by molar-refractivity contribution is 0.0690. The van der Waals surface area contributed by atoms with Gasteiger partial charge in [0.1, 0.15) is 6.33 Å². The largest absolute Gasteiger partial charge is 0.477 e. The van der Waals surface area contributed by atoms with Gasteiger partial charge >= 0.3 is 5.97 Å². The Bertz CT molecular complexity index is 485. The van der Waals surface area contributed by atoms with Crippen molar-refractivity contribution in [3.63, 3.8) is 0 Å². The first-order valence-corrected chi connectivity index (χ1v) is 4.23. The zero-order valence-corrected chi connectivity index (χ0v) is 7.66. The van der Waals surface area contributed by atoms with Crippen LogP contribution in [0.3, 0.4) is 0 Å². The minimum atomic E-state index is -1.06. The zero-order valence-electron chi connectivity index (χ0n) is 7.66. The molecule has 0 radical (unpaired) electrons. The van der Waals surface area contributed by atoms with Crippen molar-refractivity contribution < 1.29 is 9.90 Å². The predicted molar refractivity (Wildman–Crippen MR) is 52.2 cm³/mol. The third-order valence-corrected chi connectivity index (χ3v) is 1.86. The summed E-state index contributed by atoms with van der Waals surface area (Å²) in [5.74, 6) is -1.06. The van der Waals surface area contributed by atoms with E-state index in [0.29, 0.717) is 5.69 Å². The molecule has 2 aromatic heterocycles. The molecule has 2 rings (SSSR count). The molecule has 0 fully saturated rings. The number of aromatic nitrogens is 3. The molecule has 0 aliphatic rings. The van der Waals surface area contributed by atoms with Crippen LogP contribution in [-0.4, -0.2) is 26.0 Å². The summed E-state index contributed by atoms with van der Waals surface area (Å²) in [6, 6.07) is 4.94. The van der Waals surface area contributed by atoms with Gasteiger partial charge in [-0.1, -0.05) is 0 Å². The first-order valence-electron chi connectivity index (χ1n) is 4.23. The number of pyridine rings is 1. The van der Waals surface area contributed by atoms with Crippen molar-refractivity contribution in [2.45, 2.75) is 0 Å². The van der Waals surface area contributed by atoms with Gasteiger partial charge in [-0.25, -0.2) is 14.8 Å². The number of hydrogen-bond acceptors (Lipinski definition) is 4. The maximum Gasteiger partial charge on any atom is 0.354 e. The fourth-order valence-electron chi connectivity index (χ4n) is 1.15. The average Bonchev–Trinajstić information content (AvgIpc) is 2.30. The number of carboxylic acid groups (broad SMARTS) is 1. The van der Waals surface area contributed by atoms with Crippen LogP contribution in [0.4, 0.5) is 0 Å². The van der Waals surface area contributed by atoms with E-state index in [1.54, 1.807) is 24.5 Å². The van der Waals surface area contributed by atoms with E-state index >= 15 is 0 Å². The van der Waals surface area contributed by atoms with Crippen molar-refractivity contribution in [1.82, 2.24) is 15.0 Å². The Hall–Kier alpha value is -2.30. The molecule has 5 heteroatoms. The molecule has 0 saturated heterocycles. The van der Waals surface area contributed by atoms with Gasteiger partial charge in [-0.3, -0.25) is 4.98 Å². The highest BCUT2D eigenvalue weighted by Crippen LogP contribution is 2.15. The van der Waals surface area contributed by atoms with E-state index in [0.717, 1.165) is 5.56 Å². The summed E-state index contributed by atoms with van der Waals surface area (Å²) in [6.07, 6.45) is 4.48. The molecule has 0 spiro atoms. The van der Waals surface area contributed by atoms with E-state index in [2.05, 4.69) is 15.0 Å². The Morgan fingerprint density at radius 3 is 2.60 bits per heavy atom. The van der Waals surface area contributed by atoms with E-state index < -0.39 is 5.97 Å². The summed E-state index contributed by atoms with van der Waals surface area (Å²) in [5, 5.41) is 8.75. The maximum absolute atomic E-state index is 10.7. The molecule has 0 atom stereocenters. The molecule has 0 aromatic carbocycles. The quantitative estimate of drug-likeness (QED) is 0.790. The van der Waals surface area contributed by atoms with Gasteiger partial charge in [0.25, 0.3) is 0 Å². The van der Waals surface area contributed by atoms with E-state index in [4.69, 9.17) is 5.11 Å². The van der Waals surface area contributed by atoms with Crippen LogP contribution in [0.5, 0.6) is 0 Å². The first-order chi connectivity index (χ1) is 7.27. The number of nitrogens with zero attached hydrogens (tertiary/aromatic N) is 3. The summed E-state index contributed by atoms with van der Waals surface area (Å²) < 4.78 is 0. The second-order valence-corrected chi connectivity index (χ2v) is 2.83. The van der Waals surface area contributed by atoms with Crippen molar-refractivity contribution in [3.8, 4) is 11.3 Å². The van der Waals surface area contributed by atoms with Crippen LogP contribution in [0.15, 0.2) is 36.9 Å². The van der Waals surface area contributed by atoms with Crippen LogP contribution in [-0.2, 0) is 0 Å². The van der Waals surface area contributed by atoms with Gasteiger partial charge in [0.05, 0.1) is 5.69 Å². The Morgan fingerprint density at radius 2 is 1.93 bits per heavy atom. The SMILES string of the molecule is O=C(O)c1cc(-c2ccncc2)ncn1. The number of carbonyl (C=O) groups is 1. The normalized spacial score (nSPS) is 9.87. The van der Waals surface area contributed by atoms with Crippen LogP contribution in [0, 0.1) is 0 Å². The Morgan fingerprint density at radius 1 is 1.20 bits per heavy atom. The molecule has 0 saturated carbocycles. The lowest BCUT2D eigenvalue weighted by Gasteiger charge is -1.99. The second kappa shape index (κ2) is 3.83. The number of hydrogen-bond donors (Lipinski definition) is 1. The smallest absolute Gasteiger partial charge is 0.354 e. The Labute approximate surface area is 85.5 Å². The predicted octanol–water partition coefficient (Wildman–Crippen LogP) is 1.24. The number of aromatic carboxylic acids is 1. The van der Waals surface area contributed by atoms with Gasteiger partial charge in [-0.05, 0) is 18.2 Å². The van der Waals surface area contributed by atoms with Crippen LogP contribution >= 0.6 is 0 Å². The van der Waals surface area contributed by atoms with Crippen LogP contribution in [0.2, 0.25) is 0 Å². The number of rotatable bonds is 2. The third kappa shape index (κ3) is 1.96. The van der Waals surface area contributed by atoms with Crippen molar-refractivity contribution >= 4 is 5.97 Å². The van der Waals surface area contributed by atoms with Gasteiger partial charge in [0.2, 0.25) is 0 Å². The van der Waals surface area contributed by atoms with Gasteiger partial charge < -0.3 is 5.11 Å². The van der Waals surface area contributed by atoms with E-state index in [9.17, 15) is 4.79 Å². The fourth-order valence-corrected chi connectivity index (χ4v) is 1.15. The summed E-state index contributed by atoms with van der Waals surface area (Å²) in [7, 11) is 0. The molecule has 74 valence electrons. The lowest BCUT2D eigenvalue weighted by atomic mass is 10.2. The molecule has 2 heterocycles. The fraction of sp³-hybridized carbons (Fsp3) is 0. The van der Waals surface area contributed by atoms with E-state index in [1.807, 2.05) is 0 Å². The Kier molecular flexibility index (Phi) is 2.37. The molecule has 0 aliphatic heterocycles. The van der Waals surface area contributed by atoms with Crippen LogP contribution in [0.1, 0.15) is 10.5 Å². The summed E-state index contributed by atoms with van der Waals surface area (Å²) in [6.45, 7) is 0. The standard InChI is InChI=1S/C10H7N3O2/c14-10(15)9-5-8(12-6-13-9)7-1-3-11-4-2-7/h1-6H,(H,14,15). The van der Waals surface area contributed by atoms with E-state index in [-0.39, 0.29) is 5.69 Å². The minimum absolute atomic E-state index is 0.0168. The first kappa shape index (κ1) is 9.26. The highest BCUT2D eigenvalue weighted by Gasteiger charge is 2.06. The highest BCUT2D eigenvalue weighted by atomic mass is 16.4. The summed E-state index contributed by atoms with van der Waals surface area (Å²) in [5.41, 5.74) is 1.37. The van der Waals surface area contributed by atoms with Crippen LogP contribution in [0.25, 0.3) is 11.3 Å². The lowest BCUT2D eigenvalue weighted by Crippen LogP contribution is -2.01. The molecule has 0 unspecified atom stereocenters. The molecular formula is C10H7N3O2. The molecule has 0 aliphatic carbocycles. The van der Waals surface area contributed by atoms with Crippen molar-refractivity contribution in [3.05, 3.63) is 42.6 Å². The Balaban J connectivity index is 2.46. The van der Waals surface area contributed by atoms with Crippen molar-refractivity contribution in [1.29, 1.82) is 0 Å². The van der Waals surface area contributed by atoms with Crippen molar-refractivity contribution in [2.75, 3.05) is 0 Å². The monoisotopic (exact) mass is 201 g/mol. The minimum Gasteiger partial charge on any atom is -0.477 e. The summed E-state index contributed by atoms with van der Waals surface area (Å²) >= 11 is 0. The highest BCUT2D eigenvalue weighted by molar-refractivity contribution is 5.86. The van der Waals surface area contributed by atoms with Crippen molar-refractivity contribution in [2.24, 2.45) is 0 Å². The van der Waals surface area contributed by atoms with Gasteiger partial charge in [0.15, 0.2) is 5.69 Å².